The number of nitrogens with one attached hydrogen (secondary N) is 1. The van der Waals surface area contributed by atoms with Gasteiger partial charge in [0, 0.05) is 5.56 Å². The van der Waals surface area contributed by atoms with E-state index in [4.69, 9.17) is 10.3 Å². The fourth-order valence-corrected chi connectivity index (χ4v) is 5.60. The zero-order valence-corrected chi connectivity index (χ0v) is 10.8. The number of hydrogen-bond donors (Lipinski definition) is 2. The van der Waals surface area contributed by atoms with Crippen molar-refractivity contribution in [2.24, 2.45) is 29.0 Å². The van der Waals surface area contributed by atoms with E-state index in [1.54, 1.807) is 6.26 Å². The first kappa shape index (κ1) is 11.1. The van der Waals surface area contributed by atoms with Crippen LogP contribution in [0.5, 0.6) is 0 Å². The first-order valence-corrected chi connectivity index (χ1v) is 7.27. The fraction of sp³-hybridized carbons (Fsp3) is 0.733. The van der Waals surface area contributed by atoms with Gasteiger partial charge in [-0.3, -0.25) is 11.3 Å². The Bertz CT molecular complexity index is 390. The Morgan fingerprint density at radius 2 is 1.78 bits per heavy atom. The average molecular weight is 246 g/mol. The lowest BCUT2D eigenvalue weighted by atomic mass is 9.47. The van der Waals surface area contributed by atoms with Gasteiger partial charge in [-0.05, 0) is 67.8 Å². The van der Waals surface area contributed by atoms with Gasteiger partial charge in [0.2, 0.25) is 0 Å². The van der Waals surface area contributed by atoms with Crippen LogP contribution in [0.2, 0.25) is 0 Å². The SMILES string of the molecule is NNC(c1ccoc1)C12CC3CC(CC(C3)C1)C2. The molecule has 0 saturated heterocycles. The monoisotopic (exact) mass is 246 g/mol. The minimum Gasteiger partial charge on any atom is -0.472 e. The summed E-state index contributed by atoms with van der Waals surface area (Å²) >= 11 is 0. The highest BCUT2D eigenvalue weighted by atomic mass is 16.3. The van der Waals surface area contributed by atoms with Crippen LogP contribution < -0.4 is 11.3 Å². The topological polar surface area (TPSA) is 51.2 Å². The van der Waals surface area contributed by atoms with Gasteiger partial charge in [-0.15, -0.1) is 0 Å². The second kappa shape index (κ2) is 3.84. The van der Waals surface area contributed by atoms with Crippen LogP contribution in [0.1, 0.15) is 50.1 Å². The minimum atomic E-state index is 0.282. The maximum absolute atomic E-state index is 5.89. The molecular weight excluding hydrogens is 224 g/mol. The molecule has 0 spiro atoms. The summed E-state index contributed by atoms with van der Waals surface area (Å²) in [6.45, 7) is 0. The van der Waals surface area contributed by atoms with Crippen molar-refractivity contribution in [2.75, 3.05) is 0 Å². The Morgan fingerprint density at radius 3 is 2.22 bits per heavy atom. The van der Waals surface area contributed by atoms with Crippen LogP contribution >= 0.6 is 0 Å². The van der Waals surface area contributed by atoms with Gasteiger partial charge in [0.25, 0.3) is 0 Å². The molecule has 4 aliphatic carbocycles. The molecule has 0 aliphatic heterocycles. The quantitative estimate of drug-likeness (QED) is 0.636. The number of hydrogen-bond acceptors (Lipinski definition) is 3. The Morgan fingerprint density at radius 1 is 1.17 bits per heavy atom. The highest BCUT2D eigenvalue weighted by molar-refractivity contribution is 5.19. The van der Waals surface area contributed by atoms with E-state index in [2.05, 4.69) is 11.5 Å². The average Bonchev–Trinajstić information content (AvgIpc) is 2.81. The van der Waals surface area contributed by atoms with E-state index in [1.807, 2.05) is 6.26 Å². The largest absolute Gasteiger partial charge is 0.472 e. The molecule has 1 atom stereocenters. The molecule has 4 bridgehead atoms. The van der Waals surface area contributed by atoms with Crippen LogP contribution in [0.15, 0.2) is 23.0 Å². The third kappa shape index (κ3) is 1.50. The van der Waals surface area contributed by atoms with Crippen LogP contribution in [0.25, 0.3) is 0 Å². The molecule has 3 N–H and O–H groups in total. The van der Waals surface area contributed by atoms with Gasteiger partial charge >= 0.3 is 0 Å². The molecule has 1 aromatic heterocycles. The molecule has 0 aromatic carbocycles. The summed E-state index contributed by atoms with van der Waals surface area (Å²) < 4.78 is 5.26. The molecule has 4 aliphatic rings. The zero-order chi connectivity index (χ0) is 12.2. The lowest BCUT2D eigenvalue weighted by Crippen LogP contribution is -2.53. The van der Waals surface area contributed by atoms with Crippen LogP contribution in [0.4, 0.5) is 0 Å². The van der Waals surface area contributed by atoms with Crippen molar-refractivity contribution in [1.29, 1.82) is 0 Å². The molecule has 3 nitrogen and oxygen atoms in total. The van der Waals surface area contributed by atoms with E-state index in [1.165, 1.54) is 44.1 Å². The number of furan rings is 1. The lowest BCUT2D eigenvalue weighted by molar-refractivity contribution is -0.0750. The zero-order valence-electron chi connectivity index (χ0n) is 10.8. The summed E-state index contributed by atoms with van der Waals surface area (Å²) in [6, 6.07) is 2.35. The second-order valence-electron chi connectivity index (χ2n) is 6.94. The Labute approximate surface area is 108 Å². The maximum atomic E-state index is 5.89. The van der Waals surface area contributed by atoms with Crippen molar-refractivity contribution in [3.63, 3.8) is 0 Å². The molecule has 1 aromatic rings. The lowest BCUT2D eigenvalue weighted by Gasteiger charge is -2.59. The first-order chi connectivity index (χ1) is 8.79. The second-order valence-corrected chi connectivity index (χ2v) is 6.94. The first-order valence-electron chi connectivity index (χ1n) is 7.27. The Kier molecular flexibility index (Phi) is 2.36. The summed E-state index contributed by atoms with van der Waals surface area (Å²) in [5.41, 5.74) is 4.73. The van der Waals surface area contributed by atoms with Gasteiger partial charge < -0.3 is 4.42 Å². The molecule has 1 heterocycles. The Hall–Kier alpha value is -0.800. The van der Waals surface area contributed by atoms with Crippen molar-refractivity contribution in [2.45, 2.75) is 44.6 Å². The highest BCUT2D eigenvalue weighted by Crippen LogP contribution is 2.63. The van der Waals surface area contributed by atoms with E-state index < -0.39 is 0 Å². The van der Waals surface area contributed by atoms with Crippen molar-refractivity contribution < 1.29 is 4.42 Å². The van der Waals surface area contributed by atoms with Gasteiger partial charge in [0.15, 0.2) is 0 Å². The van der Waals surface area contributed by atoms with Crippen molar-refractivity contribution in [3.05, 3.63) is 24.2 Å². The Balaban J connectivity index is 1.70. The van der Waals surface area contributed by atoms with E-state index in [0.29, 0.717) is 5.41 Å². The van der Waals surface area contributed by atoms with Gasteiger partial charge in [0.05, 0.1) is 18.6 Å². The third-order valence-electron chi connectivity index (χ3n) is 5.74. The predicted octanol–water partition coefficient (Wildman–Crippen LogP) is 3.00. The van der Waals surface area contributed by atoms with Gasteiger partial charge in [-0.2, -0.15) is 0 Å². The fourth-order valence-electron chi connectivity index (χ4n) is 5.60. The molecule has 5 rings (SSSR count). The van der Waals surface area contributed by atoms with Crippen LogP contribution in [-0.4, -0.2) is 0 Å². The van der Waals surface area contributed by atoms with Crippen LogP contribution in [-0.2, 0) is 0 Å². The molecule has 0 amide bonds. The molecule has 98 valence electrons. The molecular formula is C15H22N2O. The minimum absolute atomic E-state index is 0.282. The normalized spacial score (nSPS) is 43.3. The third-order valence-corrected chi connectivity index (χ3v) is 5.74. The predicted molar refractivity (Wildman–Crippen MR) is 69.4 cm³/mol. The molecule has 0 radical (unpaired) electrons. The molecule has 1 unspecified atom stereocenters. The number of hydrazine groups is 1. The molecule has 4 saturated carbocycles. The van der Waals surface area contributed by atoms with Crippen molar-refractivity contribution in [3.8, 4) is 0 Å². The molecule has 4 fully saturated rings. The number of nitrogens with two attached hydrogens (primary N) is 1. The number of rotatable bonds is 3. The van der Waals surface area contributed by atoms with E-state index in [9.17, 15) is 0 Å². The van der Waals surface area contributed by atoms with Crippen molar-refractivity contribution >= 4 is 0 Å². The summed E-state index contributed by atoms with van der Waals surface area (Å²) in [5.74, 6) is 8.77. The van der Waals surface area contributed by atoms with Gasteiger partial charge in [-0.1, -0.05) is 0 Å². The summed E-state index contributed by atoms with van der Waals surface area (Å²) in [7, 11) is 0. The van der Waals surface area contributed by atoms with Gasteiger partial charge in [0.1, 0.15) is 0 Å². The highest BCUT2D eigenvalue weighted by Gasteiger charge is 2.54. The summed E-state index contributed by atoms with van der Waals surface area (Å²) in [5, 5.41) is 0. The molecule has 3 heteroatoms. The standard InChI is InChI=1S/C15H22N2O/c16-17-14(13-1-2-18-9-13)15-6-10-3-11(7-15)5-12(4-10)8-15/h1-2,9-12,14,17H,3-8,16H2. The summed E-state index contributed by atoms with van der Waals surface area (Å²) in [4.78, 5) is 0. The molecule has 18 heavy (non-hydrogen) atoms. The van der Waals surface area contributed by atoms with Crippen LogP contribution in [0, 0.1) is 23.2 Å². The van der Waals surface area contributed by atoms with Gasteiger partial charge in [-0.25, -0.2) is 0 Å². The van der Waals surface area contributed by atoms with E-state index in [0.717, 1.165) is 17.8 Å². The maximum Gasteiger partial charge on any atom is 0.0951 e. The van der Waals surface area contributed by atoms with Crippen LogP contribution in [0.3, 0.4) is 0 Å². The summed E-state index contributed by atoms with van der Waals surface area (Å²) in [6.07, 6.45) is 12.1. The van der Waals surface area contributed by atoms with Crippen molar-refractivity contribution in [1.82, 2.24) is 5.43 Å². The smallest absolute Gasteiger partial charge is 0.0951 e. The van der Waals surface area contributed by atoms with E-state index in [-0.39, 0.29) is 6.04 Å². The van der Waals surface area contributed by atoms with E-state index >= 15 is 0 Å².